The molecule has 1 aliphatic heterocycles. The van der Waals surface area contributed by atoms with Gasteiger partial charge in [-0.25, -0.2) is 4.79 Å². The third-order valence-corrected chi connectivity index (χ3v) is 5.48. The normalized spacial score (nSPS) is 13.3. The largest absolute Gasteiger partial charge is 0.508 e. The van der Waals surface area contributed by atoms with Crippen molar-refractivity contribution in [3.05, 3.63) is 59.4 Å². The van der Waals surface area contributed by atoms with E-state index in [1.165, 1.54) is 6.92 Å². The summed E-state index contributed by atoms with van der Waals surface area (Å²) in [5, 5.41) is 12.4. The number of pyridine rings is 1. The molecule has 1 aromatic carbocycles. The van der Waals surface area contributed by atoms with E-state index < -0.39 is 11.7 Å². The molecule has 0 bridgehead atoms. The predicted molar refractivity (Wildman–Crippen MR) is 123 cm³/mol. The van der Waals surface area contributed by atoms with E-state index in [4.69, 9.17) is 4.74 Å². The number of hydrogen-bond acceptors (Lipinski definition) is 5. The van der Waals surface area contributed by atoms with Gasteiger partial charge in [0.05, 0.1) is 5.52 Å². The van der Waals surface area contributed by atoms with Gasteiger partial charge in [0, 0.05) is 42.5 Å². The quantitative estimate of drug-likeness (QED) is 0.574. The maximum Gasteiger partial charge on any atom is 0.407 e. The lowest BCUT2D eigenvalue weighted by molar-refractivity contribution is 0.0515. The van der Waals surface area contributed by atoms with Gasteiger partial charge in [-0.15, -0.1) is 0 Å². The van der Waals surface area contributed by atoms with Crippen LogP contribution < -0.4 is 5.32 Å². The number of aromatic nitrogens is 1. The van der Waals surface area contributed by atoms with Crippen molar-refractivity contribution in [1.29, 1.82) is 0 Å². The Labute approximate surface area is 191 Å². The van der Waals surface area contributed by atoms with Crippen molar-refractivity contribution < 1.29 is 24.2 Å². The fourth-order valence-corrected chi connectivity index (χ4v) is 4.05. The van der Waals surface area contributed by atoms with Crippen LogP contribution in [-0.2, 0) is 11.3 Å². The van der Waals surface area contributed by atoms with Crippen molar-refractivity contribution in [2.24, 2.45) is 0 Å². The third-order valence-electron chi connectivity index (χ3n) is 5.48. The smallest absolute Gasteiger partial charge is 0.407 e. The number of hydrogen-bond donors (Lipinski definition) is 2. The number of benzene rings is 1. The van der Waals surface area contributed by atoms with E-state index in [1.807, 2.05) is 6.07 Å². The molecule has 0 fully saturated rings. The van der Waals surface area contributed by atoms with Crippen LogP contribution in [-0.4, -0.2) is 50.9 Å². The highest BCUT2D eigenvalue weighted by Crippen LogP contribution is 2.39. The average molecular weight is 450 g/mol. The standard InChI is InChI=1S/C25H27N3O5/c1-15(29)17-7-10-20-21(16-5-8-18(30)9-6-16)19-14-27(23(31)22(19)28(20)13-17)12-11-26-24(32)33-25(2,3)4/h5-10,13,30H,11-12,14H2,1-4H3,(H,26,32). The lowest BCUT2D eigenvalue weighted by Gasteiger charge is -2.21. The molecule has 3 aromatic rings. The van der Waals surface area contributed by atoms with Crippen LogP contribution in [0.5, 0.6) is 5.75 Å². The summed E-state index contributed by atoms with van der Waals surface area (Å²) in [6.07, 6.45) is 1.16. The zero-order valence-corrected chi connectivity index (χ0v) is 19.1. The monoisotopic (exact) mass is 449 g/mol. The minimum Gasteiger partial charge on any atom is -0.508 e. The Hall–Kier alpha value is -3.81. The van der Waals surface area contributed by atoms with Crippen LogP contribution in [0.1, 0.15) is 54.1 Å². The lowest BCUT2D eigenvalue weighted by Crippen LogP contribution is -2.38. The fraction of sp³-hybridized carbons (Fsp3) is 0.320. The molecule has 8 nitrogen and oxygen atoms in total. The van der Waals surface area contributed by atoms with Gasteiger partial charge in [0.1, 0.15) is 17.0 Å². The predicted octanol–water partition coefficient (Wildman–Crippen LogP) is 4.00. The number of carbonyl (C=O) groups excluding carboxylic acids is 3. The number of Topliss-reactive ketones (excluding diaryl/α,β-unsaturated/α-hetero) is 1. The summed E-state index contributed by atoms with van der Waals surface area (Å²) in [6.45, 7) is 7.79. The van der Waals surface area contributed by atoms with Gasteiger partial charge in [-0.2, -0.15) is 0 Å². The number of phenolic OH excluding ortho intramolecular Hbond substituents is 1. The molecule has 4 rings (SSSR count). The molecule has 0 radical (unpaired) electrons. The molecular formula is C25H27N3O5. The molecule has 1 aliphatic rings. The summed E-state index contributed by atoms with van der Waals surface area (Å²) in [7, 11) is 0. The van der Waals surface area contributed by atoms with Crippen LogP contribution in [0.25, 0.3) is 16.6 Å². The van der Waals surface area contributed by atoms with Crippen molar-refractivity contribution in [1.82, 2.24) is 14.6 Å². The first-order chi connectivity index (χ1) is 15.5. The van der Waals surface area contributed by atoms with Gasteiger partial charge in [0.2, 0.25) is 0 Å². The molecule has 2 N–H and O–H groups in total. The van der Waals surface area contributed by atoms with Crippen molar-refractivity contribution >= 4 is 23.3 Å². The number of phenols is 1. The maximum absolute atomic E-state index is 13.3. The van der Waals surface area contributed by atoms with Gasteiger partial charge in [-0.05, 0) is 57.5 Å². The van der Waals surface area contributed by atoms with E-state index in [0.717, 1.165) is 22.2 Å². The van der Waals surface area contributed by atoms with Crippen molar-refractivity contribution in [2.75, 3.05) is 13.1 Å². The van der Waals surface area contributed by atoms with Gasteiger partial charge in [0.15, 0.2) is 5.78 Å². The second kappa shape index (κ2) is 8.27. The van der Waals surface area contributed by atoms with Crippen LogP contribution in [0.2, 0.25) is 0 Å². The topological polar surface area (TPSA) is 100 Å². The number of nitrogens with zero attached hydrogens (tertiary/aromatic N) is 2. The Morgan fingerprint density at radius 2 is 1.82 bits per heavy atom. The van der Waals surface area contributed by atoms with E-state index in [0.29, 0.717) is 24.3 Å². The summed E-state index contributed by atoms with van der Waals surface area (Å²) in [5.74, 6) is -0.102. The van der Waals surface area contributed by atoms with Crippen LogP contribution in [0, 0.1) is 0 Å². The van der Waals surface area contributed by atoms with Crippen molar-refractivity contribution in [2.45, 2.75) is 39.8 Å². The Balaban J connectivity index is 1.66. The second-order valence-electron chi connectivity index (χ2n) is 9.13. The highest BCUT2D eigenvalue weighted by Gasteiger charge is 2.35. The highest BCUT2D eigenvalue weighted by molar-refractivity contribution is 6.04. The first kappa shape index (κ1) is 22.4. The zero-order chi connectivity index (χ0) is 23.9. The first-order valence-corrected chi connectivity index (χ1v) is 10.8. The second-order valence-corrected chi connectivity index (χ2v) is 9.13. The molecule has 2 amide bonds. The van der Waals surface area contributed by atoms with E-state index in [2.05, 4.69) is 5.32 Å². The van der Waals surface area contributed by atoms with Gasteiger partial charge >= 0.3 is 6.09 Å². The number of ketones is 1. The van der Waals surface area contributed by atoms with Crippen molar-refractivity contribution in [3.63, 3.8) is 0 Å². The number of rotatable bonds is 5. The van der Waals surface area contributed by atoms with Crippen LogP contribution in [0.15, 0.2) is 42.6 Å². The summed E-state index contributed by atoms with van der Waals surface area (Å²) in [6, 6.07) is 10.4. The molecule has 0 aliphatic carbocycles. The third kappa shape index (κ3) is 4.41. The molecule has 2 aromatic heterocycles. The molecular weight excluding hydrogens is 422 g/mol. The SMILES string of the molecule is CC(=O)c1ccc2c(-c3ccc(O)cc3)c3c(n2c1)C(=O)N(CCNC(=O)OC(C)(C)C)C3. The van der Waals surface area contributed by atoms with Crippen LogP contribution in [0.4, 0.5) is 4.79 Å². The van der Waals surface area contributed by atoms with E-state index in [9.17, 15) is 19.5 Å². The van der Waals surface area contributed by atoms with E-state index >= 15 is 0 Å². The van der Waals surface area contributed by atoms with Gasteiger partial charge in [-0.1, -0.05) is 12.1 Å². The molecule has 0 unspecified atom stereocenters. The molecule has 8 heteroatoms. The number of alkyl carbamates (subject to hydrolysis) is 1. The summed E-state index contributed by atoms with van der Waals surface area (Å²) >= 11 is 0. The molecule has 0 saturated heterocycles. The maximum atomic E-state index is 13.3. The number of ether oxygens (including phenoxy) is 1. The Morgan fingerprint density at radius 3 is 2.45 bits per heavy atom. The Bertz CT molecular complexity index is 1250. The molecule has 0 atom stereocenters. The van der Waals surface area contributed by atoms with Gasteiger partial charge in [-0.3, -0.25) is 9.59 Å². The van der Waals surface area contributed by atoms with E-state index in [-0.39, 0.29) is 24.0 Å². The first-order valence-electron chi connectivity index (χ1n) is 10.8. The molecule has 33 heavy (non-hydrogen) atoms. The van der Waals surface area contributed by atoms with Gasteiger partial charge in [0.25, 0.3) is 5.91 Å². The number of amides is 2. The van der Waals surface area contributed by atoms with E-state index in [1.54, 1.807) is 66.6 Å². The molecule has 0 spiro atoms. The minimum atomic E-state index is -0.598. The number of nitrogens with one attached hydrogen (secondary N) is 1. The minimum absolute atomic E-state index is 0.0885. The van der Waals surface area contributed by atoms with Crippen molar-refractivity contribution in [3.8, 4) is 16.9 Å². The molecule has 172 valence electrons. The summed E-state index contributed by atoms with van der Waals surface area (Å²) in [5.41, 5.74) is 3.83. The zero-order valence-electron chi connectivity index (χ0n) is 19.1. The Kier molecular flexibility index (Phi) is 5.61. The van der Waals surface area contributed by atoms with Gasteiger partial charge < -0.3 is 24.5 Å². The van der Waals surface area contributed by atoms with Crippen LogP contribution in [0.3, 0.4) is 0 Å². The average Bonchev–Trinajstić information content (AvgIpc) is 3.21. The molecule has 0 saturated carbocycles. The summed E-state index contributed by atoms with van der Waals surface area (Å²) in [4.78, 5) is 38.9. The molecule has 3 heterocycles. The summed E-state index contributed by atoms with van der Waals surface area (Å²) < 4.78 is 7.02. The number of fused-ring (bicyclic) bond motifs is 3. The fourth-order valence-electron chi connectivity index (χ4n) is 4.05. The Morgan fingerprint density at radius 1 is 1.12 bits per heavy atom. The number of aromatic hydroxyl groups is 1. The van der Waals surface area contributed by atoms with Crippen LogP contribution >= 0.6 is 0 Å². The highest BCUT2D eigenvalue weighted by atomic mass is 16.6. The number of carbonyl (C=O) groups is 3. The lowest BCUT2D eigenvalue weighted by atomic mass is 10.0.